The first kappa shape index (κ1) is 19.9. The largest absolute Gasteiger partial charge is 0.483 e. The minimum Gasteiger partial charge on any atom is -0.483 e. The molecule has 28 heavy (non-hydrogen) atoms. The van der Waals surface area contributed by atoms with Crippen LogP contribution in [0.2, 0.25) is 0 Å². The quantitative estimate of drug-likeness (QED) is 0.562. The zero-order valence-corrected chi connectivity index (χ0v) is 16.9. The second-order valence-electron chi connectivity index (χ2n) is 6.35. The molecule has 1 amide bonds. The fourth-order valence-electron chi connectivity index (χ4n) is 2.73. The Kier molecular flexibility index (Phi) is 7.08. The van der Waals surface area contributed by atoms with Crippen molar-refractivity contribution in [1.29, 1.82) is 0 Å². The highest BCUT2D eigenvalue weighted by Crippen LogP contribution is 2.23. The predicted molar refractivity (Wildman–Crippen MR) is 110 cm³/mol. The maximum Gasteiger partial charge on any atom is 0.230 e. The molecule has 0 saturated carbocycles. The molecule has 3 aromatic rings. The van der Waals surface area contributed by atoms with Gasteiger partial charge in [0.2, 0.25) is 5.91 Å². The molecule has 0 radical (unpaired) electrons. The van der Waals surface area contributed by atoms with E-state index in [0.717, 1.165) is 18.0 Å². The van der Waals surface area contributed by atoms with Gasteiger partial charge in [0.15, 0.2) is 17.1 Å². The van der Waals surface area contributed by atoms with Gasteiger partial charge in [-0.15, -0.1) is 10.2 Å². The minimum atomic E-state index is -0.242. The van der Waals surface area contributed by atoms with E-state index < -0.39 is 0 Å². The van der Waals surface area contributed by atoms with Gasteiger partial charge in [0.1, 0.15) is 5.75 Å². The Balaban J connectivity index is 1.46. The van der Waals surface area contributed by atoms with Crippen molar-refractivity contribution in [2.45, 2.75) is 24.6 Å². The smallest absolute Gasteiger partial charge is 0.230 e. The van der Waals surface area contributed by atoms with Crippen LogP contribution >= 0.6 is 11.8 Å². The van der Waals surface area contributed by atoms with Gasteiger partial charge in [-0.1, -0.05) is 60.3 Å². The molecule has 1 N–H and O–H groups in total. The first-order chi connectivity index (χ1) is 13.6. The van der Waals surface area contributed by atoms with Crippen LogP contribution in [0.1, 0.15) is 24.4 Å². The van der Waals surface area contributed by atoms with Crippen LogP contribution in [0, 0.1) is 0 Å². The van der Waals surface area contributed by atoms with Gasteiger partial charge < -0.3 is 14.6 Å². The summed E-state index contributed by atoms with van der Waals surface area (Å²) in [6.45, 7) is 2.55. The Morgan fingerprint density at radius 1 is 1.11 bits per heavy atom. The molecule has 0 fully saturated rings. The second kappa shape index (κ2) is 9.94. The van der Waals surface area contributed by atoms with Gasteiger partial charge in [-0.2, -0.15) is 0 Å². The first-order valence-electron chi connectivity index (χ1n) is 9.18. The molecule has 0 bridgehead atoms. The number of nitrogens with one attached hydrogen (secondary N) is 1. The number of thioether (sulfide) groups is 1. The number of para-hydroxylation sites is 1. The Labute approximate surface area is 169 Å². The Bertz CT molecular complexity index is 884. The van der Waals surface area contributed by atoms with Gasteiger partial charge in [0, 0.05) is 13.6 Å². The second-order valence-corrected chi connectivity index (χ2v) is 7.29. The van der Waals surface area contributed by atoms with E-state index in [0.29, 0.717) is 17.5 Å². The molecule has 6 nitrogen and oxygen atoms in total. The first-order valence-corrected chi connectivity index (χ1v) is 10.2. The molecule has 146 valence electrons. The highest BCUT2D eigenvalue weighted by Gasteiger charge is 2.18. The maximum atomic E-state index is 12.1. The van der Waals surface area contributed by atoms with Crippen LogP contribution in [0.3, 0.4) is 0 Å². The molecule has 7 heteroatoms. The highest BCUT2D eigenvalue weighted by atomic mass is 32.2. The van der Waals surface area contributed by atoms with Crippen LogP contribution in [0.4, 0.5) is 0 Å². The number of amides is 1. The molecule has 0 aliphatic heterocycles. The molecular weight excluding hydrogens is 372 g/mol. The normalized spacial score (nSPS) is 11.8. The SMILES string of the molecule is C[C@H](Oc1ccccc1)c1nnc(SCC(=O)NCCc2ccccc2)n1C. The summed E-state index contributed by atoms with van der Waals surface area (Å²) in [5.41, 5.74) is 1.21. The monoisotopic (exact) mass is 396 g/mol. The zero-order valence-electron chi connectivity index (χ0n) is 16.0. The van der Waals surface area contributed by atoms with Crippen LogP contribution < -0.4 is 10.1 Å². The lowest BCUT2D eigenvalue weighted by Gasteiger charge is -2.14. The molecule has 0 aliphatic rings. The van der Waals surface area contributed by atoms with Crippen molar-refractivity contribution in [3.63, 3.8) is 0 Å². The van der Waals surface area contributed by atoms with Gasteiger partial charge in [0.25, 0.3) is 0 Å². The van der Waals surface area contributed by atoms with Crippen LogP contribution in [0.25, 0.3) is 0 Å². The van der Waals surface area contributed by atoms with Crippen LogP contribution in [-0.2, 0) is 18.3 Å². The average Bonchev–Trinajstić information content (AvgIpc) is 3.08. The molecule has 3 rings (SSSR count). The van der Waals surface area contributed by atoms with Crippen LogP contribution in [0.5, 0.6) is 5.75 Å². The van der Waals surface area contributed by atoms with Crippen molar-refractivity contribution in [2.75, 3.05) is 12.3 Å². The molecule has 1 atom stereocenters. The average molecular weight is 397 g/mol. The van der Waals surface area contributed by atoms with Gasteiger partial charge in [-0.25, -0.2) is 0 Å². The lowest BCUT2D eigenvalue weighted by atomic mass is 10.1. The summed E-state index contributed by atoms with van der Waals surface area (Å²) in [5, 5.41) is 12.1. The number of carbonyl (C=O) groups excluding carboxylic acids is 1. The van der Waals surface area contributed by atoms with Crippen molar-refractivity contribution in [3.05, 3.63) is 72.1 Å². The van der Waals surface area contributed by atoms with E-state index in [1.165, 1.54) is 17.3 Å². The van der Waals surface area contributed by atoms with Crippen LogP contribution in [-0.4, -0.2) is 33.0 Å². The molecule has 0 saturated heterocycles. The summed E-state index contributed by atoms with van der Waals surface area (Å²) in [6, 6.07) is 19.7. The van der Waals surface area contributed by atoms with E-state index in [-0.39, 0.29) is 12.0 Å². The number of benzene rings is 2. The van der Waals surface area contributed by atoms with E-state index in [1.807, 2.05) is 67.1 Å². The zero-order chi connectivity index (χ0) is 19.8. The van der Waals surface area contributed by atoms with Gasteiger partial charge in [-0.05, 0) is 31.0 Å². The van der Waals surface area contributed by atoms with Crippen LogP contribution in [0.15, 0.2) is 65.8 Å². The van der Waals surface area contributed by atoms with Gasteiger partial charge in [-0.3, -0.25) is 4.79 Å². The molecule has 1 aromatic heterocycles. The highest BCUT2D eigenvalue weighted by molar-refractivity contribution is 7.99. The standard InChI is InChI=1S/C21H24N4O2S/c1-16(27-18-11-7-4-8-12-18)20-23-24-21(25(20)2)28-15-19(26)22-14-13-17-9-5-3-6-10-17/h3-12,16H,13-15H2,1-2H3,(H,22,26)/t16-/m0/s1. The third kappa shape index (κ3) is 5.60. The summed E-state index contributed by atoms with van der Waals surface area (Å²) in [6.07, 6.45) is 0.577. The number of rotatable bonds is 9. The fourth-order valence-corrected chi connectivity index (χ4v) is 3.48. The molecular formula is C21H24N4O2S. The van der Waals surface area contributed by atoms with Gasteiger partial charge >= 0.3 is 0 Å². The topological polar surface area (TPSA) is 69.0 Å². The van der Waals surface area contributed by atoms with E-state index >= 15 is 0 Å². The summed E-state index contributed by atoms with van der Waals surface area (Å²) >= 11 is 1.37. The van der Waals surface area contributed by atoms with Crippen molar-refractivity contribution in [1.82, 2.24) is 20.1 Å². The van der Waals surface area contributed by atoms with E-state index in [9.17, 15) is 4.79 Å². The number of carbonyl (C=O) groups is 1. The van der Waals surface area contributed by atoms with Crippen molar-refractivity contribution < 1.29 is 9.53 Å². The lowest BCUT2D eigenvalue weighted by molar-refractivity contribution is -0.118. The van der Waals surface area contributed by atoms with Crippen molar-refractivity contribution in [2.24, 2.45) is 7.05 Å². The van der Waals surface area contributed by atoms with E-state index in [4.69, 9.17) is 4.74 Å². The lowest BCUT2D eigenvalue weighted by Crippen LogP contribution is -2.27. The molecule has 1 heterocycles. The minimum absolute atomic E-state index is 0.0148. The van der Waals surface area contributed by atoms with Crippen molar-refractivity contribution in [3.8, 4) is 5.75 Å². The molecule has 2 aromatic carbocycles. The Hall–Kier alpha value is -2.80. The number of nitrogens with zero attached hydrogens (tertiary/aromatic N) is 3. The molecule has 0 spiro atoms. The van der Waals surface area contributed by atoms with E-state index in [1.54, 1.807) is 0 Å². The number of hydrogen-bond donors (Lipinski definition) is 1. The molecule has 0 aliphatic carbocycles. The summed E-state index contributed by atoms with van der Waals surface area (Å²) in [5.74, 6) is 1.79. The third-order valence-corrected chi connectivity index (χ3v) is 5.22. The Morgan fingerprint density at radius 2 is 1.79 bits per heavy atom. The number of ether oxygens (including phenoxy) is 1. The van der Waals surface area contributed by atoms with E-state index in [2.05, 4.69) is 27.6 Å². The Morgan fingerprint density at radius 3 is 2.50 bits per heavy atom. The predicted octanol–water partition coefficient (Wildman–Crippen LogP) is 3.41. The summed E-state index contributed by atoms with van der Waals surface area (Å²) < 4.78 is 7.77. The number of hydrogen-bond acceptors (Lipinski definition) is 5. The fraction of sp³-hybridized carbons (Fsp3) is 0.286. The van der Waals surface area contributed by atoms with Gasteiger partial charge in [0.05, 0.1) is 5.75 Å². The molecule has 0 unspecified atom stereocenters. The number of aromatic nitrogens is 3. The van der Waals surface area contributed by atoms with Crippen molar-refractivity contribution >= 4 is 17.7 Å². The third-order valence-electron chi connectivity index (χ3n) is 4.20. The summed E-state index contributed by atoms with van der Waals surface area (Å²) in [7, 11) is 1.88. The maximum absolute atomic E-state index is 12.1. The summed E-state index contributed by atoms with van der Waals surface area (Å²) in [4.78, 5) is 12.1.